The molecule has 0 fully saturated rings. The number of allylic oxidation sites excluding steroid dienone is 2. The summed E-state index contributed by atoms with van der Waals surface area (Å²) < 4.78 is 99.4. The molecule has 0 spiro atoms. The van der Waals surface area contributed by atoms with Gasteiger partial charge in [0.15, 0.2) is 0 Å². The van der Waals surface area contributed by atoms with E-state index in [0.717, 1.165) is 24.0 Å². The van der Waals surface area contributed by atoms with Gasteiger partial charge in [-0.3, -0.25) is 0 Å². The van der Waals surface area contributed by atoms with Crippen molar-refractivity contribution in [2.45, 2.75) is 31.6 Å². The summed E-state index contributed by atoms with van der Waals surface area (Å²) in [5.41, 5.74) is -2.66. The normalized spacial score (nSPS) is 18.3. The van der Waals surface area contributed by atoms with Crippen molar-refractivity contribution < 1.29 is 35.8 Å². The fourth-order valence-electron chi connectivity index (χ4n) is 3.80. The second kappa shape index (κ2) is 8.00. The van der Waals surface area contributed by atoms with E-state index in [1.165, 1.54) is 20.1 Å². The van der Waals surface area contributed by atoms with E-state index >= 15 is 17.6 Å². The highest BCUT2D eigenvalue weighted by Gasteiger charge is 2.80. The monoisotopic (exact) mass is 500 g/mol. The average Bonchev–Trinajstić information content (AvgIpc) is 3.21. The van der Waals surface area contributed by atoms with Crippen LogP contribution in [0, 0.1) is 13.8 Å². The van der Waals surface area contributed by atoms with E-state index in [0.29, 0.717) is 16.6 Å². The van der Waals surface area contributed by atoms with Gasteiger partial charge in [0.2, 0.25) is 5.88 Å². The smallest absolute Gasteiger partial charge is 0.380 e. The van der Waals surface area contributed by atoms with Crippen LogP contribution in [0.4, 0.5) is 26.3 Å². The van der Waals surface area contributed by atoms with Crippen LogP contribution in [0.1, 0.15) is 21.6 Å². The molecule has 0 bridgehead atoms. The number of benzene rings is 1. The van der Waals surface area contributed by atoms with Crippen molar-refractivity contribution in [3.63, 3.8) is 0 Å². The lowest BCUT2D eigenvalue weighted by Gasteiger charge is -2.25. The summed E-state index contributed by atoms with van der Waals surface area (Å²) in [7, 11) is 2.23. The van der Waals surface area contributed by atoms with Gasteiger partial charge in [-0.05, 0) is 31.0 Å². The van der Waals surface area contributed by atoms with Gasteiger partial charge < -0.3 is 9.47 Å². The average molecular weight is 500 g/mol. The molecule has 0 radical (unpaired) electrons. The fourth-order valence-corrected chi connectivity index (χ4v) is 4.83. The quantitative estimate of drug-likeness (QED) is 0.367. The number of halogens is 6. The molecule has 2 heterocycles. The summed E-state index contributed by atoms with van der Waals surface area (Å²) in [6.45, 7) is 3.27. The highest BCUT2D eigenvalue weighted by molar-refractivity contribution is 7.15. The summed E-state index contributed by atoms with van der Waals surface area (Å²) in [5.74, 6) is -16.7. The standard InChI is InChI=1S/C23H18F6N2O2S/c1-11-5-7-13(8-6-11)16-9-14(12(2)34-16)17-18(22(26,27)23(28,29)21(17,24)25)15-10-30-20(33-4)31-19(15)32-3/h5-10H,1-4H3. The molecule has 1 aromatic carbocycles. The van der Waals surface area contributed by atoms with E-state index in [-0.39, 0.29) is 10.9 Å². The second-order valence-corrected chi connectivity index (χ2v) is 8.96. The second-order valence-electron chi connectivity index (χ2n) is 7.70. The zero-order valence-corrected chi connectivity index (χ0v) is 19.2. The first-order valence-electron chi connectivity index (χ1n) is 9.88. The minimum atomic E-state index is -5.70. The zero-order valence-electron chi connectivity index (χ0n) is 18.4. The maximum atomic E-state index is 15.1. The van der Waals surface area contributed by atoms with Crippen molar-refractivity contribution in [1.82, 2.24) is 9.97 Å². The number of thiophene rings is 1. The summed E-state index contributed by atoms with van der Waals surface area (Å²) in [4.78, 5) is 8.01. The minimum absolute atomic E-state index is 0.171. The summed E-state index contributed by atoms with van der Waals surface area (Å²) in [6, 6.07) is 7.96. The molecule has 0 unspecified atom stereocenters. The summed E-state index contributed by atoms with van der Waals surface area (Å²) in [5, 5.41) is 0. The highest BCUT2D eigenvalue weighted by Crippen LogP contribution is 2.66. The van der Waals surface area contributed by atoms with Crippen molar-refractivity contribution in [2.75, 3.05) is 14.2 Å². The van der Waals surface area contributed by atoms with Crippen molar-refractivity contribution >= 4 is 22.5 Å². The number of rotatable bonds is 5. The molecule has 1 aliphatic rings. The molecular weight excluding hydrogens is 482 g/mol. The van der Waals surface area contributed by atoms with Crippen LogP contribution in [0.2, 0.25) is 0 Å². The Hall–Kier alpha value is -3.08. The van der Waals surface area contributed by atoms with Crippen LogP contribution < -0.4 is 9.47 Å². The fraction of sp³-hybridized carbons (Fsp3) is 0.304. The van der Waals surface area contributed by atoms with E-state index in [9.17, 15) is 8.78 Å². The number of hydrogen-bond donors (Lipinski definition) is 0. The number of hydrogen-bond acceptors (Lipinski definition) is 5. The van der Waals surface area contributed by atoms with Crippen LogP contribution in [0.15, 0.2) is 36.5 Å². The first kappa shape index (κ1) is 24.1. The van der Waals surface area contributed by atoms with E-state index in [1.54, 1.807) is 24.3 Å². The van der Waals surface area contributed by atoms with Crippen LogP contribution in [-0.2, 0) is 0 Å². The Morgan fingerprint density at radius 3 is 1.97 bits per heavy atom. The van der Waals surface area contributed by atoms with Crippen LogP contribution in [0.3, 0.4) is 0 Å². The maximum absolute atomic E-state index is 15.1. The lowest BCUT2D eigenvalue weighted by atomic mass is 9.95. The van der Waals surface area contributed by atoms with Gasteiger partial charge in [-0.15, -0.1) is 11.3 Å². The third-order valence-electron chi connectivity index (χ3n) is 5.57. The largest absolute Gasteiger partial charge is 0.480 e. The van der Waals surface area contributed by atoms with Gasteiger partial charge in [-0.2, -0.15) is 31.3 Å². The van der Waals surface area contributed by atoms with Gasteiger partial charge in [-0.25, -0.2) is 4.98 Å². The van der Waals surface area contributed by atoms with E-state index < -0.39 is 45.9 Å². The summed E-state index contributed by atoms with van der Waals surface area (Å²) >= 11 is 1.03. The van der Waals surface area contributed by atoms with Crippen LogP contribution in [-0.4, -0.2) is 42.0 Å². The van der Waals surface area contributed by atoms with Gasteiger partial charge >= 0.3 is 23.8 Å². The van der Waals surface area contributed by atoms with E-state index in [2.05, 4.69) is 9.97 Å². The number of alkyl halides is 6. The van der Waals surface area contributed by atoms with Gasteiger partial charge in [0.05, 0.1) is 25.4 Å². The van der Waals surface area contributed by atoms with Gasteiger partial charge in [0.25, 0.3) is 0 Å². The Bertz CT molecular complexity index is 1290. The topological polar surface area (TPSA) is 44.2 Å². The minimum Gasteiger partial charge on any atom is -0.480 e. The predicted molar refractivity (Wildman–Crippen MR) is 116 cm³/mol. The number of nitrogens with zero attached hydrogens (tertiary/aromatic N) is 2. The number of ether oxygens (including phenoxy) is 2. The van der Waals surface area contributed by atoms with Crippen LogP contribution in [0.25, 0.3) is 21.6 Å². The number of methoxy groups -OCH3 is 2. The maximum Gasteiger partial charge on any atom is 0.380 e. The molecule has 0 saturated heterocycles. The molecule has 180 valence electrons. The third kappa shape index (κ3) is 3.36. The molecule has 1 aliphatic carbocycles. The molecule has 0 N–H and O–H groups in total. The van der Waals surface area contributed by atoms with Gasteiger partial charge in [0.1, 0.15) is 0 Å². The van der Waals surface area contributed by atoms with Crippen LogP contribution >= 0.6 is 11.3 Å². The molecule has 0 aliphatic heterocycles. The molecule has 4 nitrogen and oxygen atoms in total. The van der Waals surface area contributed by atoms with Crippen molar-refractivity contribution in [2.24, 2.45) is 0 Å². The first-order valence-corrected chi connectivity index (χ1v) is 10.7. The SMILES string of the molecule is COc1ncc(C2=C(c3cc(-c4ccc(C)cc4)sc3C)C(F)(F)C(F)(F)C2(F)F)c(OC)n1. The Balaban J connectivity index is 2.04. The predicted octanol–water partition coefficient (Wildman–Crippen LogP) is 6.67. The molecule has 3 aromatic rings. The molecule has 0 saturated carbocycles. The third-order valence-corrected chi connectivity index (χ3v) is 6.67. The highest BCUT2D eigenvalue weighted by atomic mass is 32.1. The lowest BCUT2D eigenvalue weighted by Crippen LogP contribution is -2.48. The molecular formula is C23H18F6N2O2S. The van der Waals surface area contributed by atoms with Gasteiger partial charge in [-0.1, -0.05) is 29.8 Å². The van der Waals surface area contributed by atoms with Crippen molar-refractivity contribution in [3.05, 3.63) is 58.1 Å². The molecule has 4 rings (SSSR count). The summed E-state index contributed by atoms with van der Waals surface area (Å²) in [6.07, 6.45) is 0.716. The van der Waals surface area contributed by atoms with Crippen LogP contribution in [0.5, 0.6) is 11.9 Å². The number of aromatic nitrogens is 2. The van der Waals surface area contributed by atoms with Crippen molar-refractivity contribution in [1.29, 1.82) is 0 Å². The Kier molecular flexibility index (Phi) is 5.66. The van der Waals surface area contributed by atoms with E-state index in [4.69, 9.17) is 9.47 Å². The number of aryl methyl sites for hydroxylation is 2. The first-order chi connectivity index (χ1) is 15.9. The van der Waals surface area contributed by atoms with Gasteiger partial charge in [0, 0.05) is 21.5 Å². The molecule has 11 heteroatoms. The molecule has 0 atom stereocenters. The Morgan fingerprint density at radius 2 is 1.41 bits per heavy atom. The Morgan fingerprint density at radius 1 is 0.824 bits per heavy atom. The zero-order chi connectivity index (χ0) is 25.1. The van der Waals surface area contributed by atoms with E-state index in [1.807, 2.05) is 6.92 Å². The molecule has 0 amide bonds. The molecule has 2 aromatic heterocycles. The molecule has 34 heavy (non-hydrogen) atoms. The lowest BCUT2D eigenvalue weighted by molar-refractivity contribution is -0.254. The Labute approximate surface area is 194 Å². The van der Waals surface area contributed by atoms with Crippen molar-refractivity contribution in [3.8, 4) is 22.3 Å².